The normalized spacial score (nSPS) is 19.6. The number of hydrogen-bond acceptors (Lipinski definition) is 9. The van der Waals surface area contributed by atoms with Crippen LogP contribution in [0.5, 0.6) is 0 Å². The van der Waals surface area contributed by atoms with Gasteiger partial charge in [-0.2, -0.15) is 10.4 Å². The molecule has 0 aliphatic carbocycles. The first-order valence-electron chi connectivity index (χ1n) is 11.8. The summed E-state index contributed by atoms with van der Waals surface area (Å²) < 4.78 is 11.3. The zero-order valence-corrected chi connectivity index (χ0v) is 20.1. The van der Waals surface area contributed by atoms with Crippen molar-refractivity contribution in [3.8, 4) is 6.07 Å². The number of aromatic amines is 1. The van der Waals surface area contributed by atoms with Crippen LogP contribution in [0.2, 0.25) is 0 Å². The number of pyridine rings is 1. The summed E-state index contributed by atoms with van der Waals surface area (Å²) in [6, 6.07) is 5.69. The van der Waals surface area contributed by atoms with Crippen LogP contribution in [0.25, 0.3) is 0 Å². The first kappa shape index (κ1) is 24.6. The molecule has 1 amide bonds. The van der Waals surface area contributed by atoms with Crippen molar-refractivity contribution in [2.45, 2.75) is 44.4 Å². The molecular formula is C24H31N7O4. The molecule has 0 unspecified atom stereocenters. The number of nitrogens with zero attached hydrogens (tertiary/aromatic N) is 5. The van der Waals surface area contributed by atoms with E-state index in [-0.39, 0.29) is 30.2 Å². The van der Waals surface area contributed by atoms with E-state index in [1.54, 1.807) is 32.5 Å². The van der Waals surface area contributed by atoms with Gasteiger partial charge in [-0.15, -0.1) is 0 Å². The highest BCUT2D eigenvalue weighted by atomic mass is 16.5. The molecule has 11 nitrogen and oxygen atoms in total. The third kappa shape index (κ3) is 5.78. The Hall–Kier alpha value is -3.49. The molecule has 35 heavy (non-hydrogen) atoms. The van der Waals surface area contributed by atoms with Crippen LogP contribution in [0.1, 0.15) is 30.4 Å². The minimum absolute atomic E-state index is 0.0325. The summed E-state index contributed by atoms with van der Waals surface area (Å²) in [6.45, 7) is 4.65. The number of nitrogens with one attached hydrogen (secondary N) is 2. The molecule has 2 saturated heterocycles. The van der Waals surface area contributed by atoms with Crippen molar-refractivity contribution in [3.63, 3.8) is 0 Å². The van der Waals surface area contributed by atoms with Crippen molar-refractivity contribution >= 4 is 17.4 Å². The second-order valence-electron chi connectivity index (χ2n) is 8.91. The van der Waals surface area contributed by atoms with Crippen LogP contribution >= 0.6 is 0 Å². The Balaban J connectivity index is 1.28. The highest BCUT2D eigenvalue weighted by Crippen LogP contribution is 2.26. The summed E-state index contributed by atoms with van der Waals surface area (Å²) in [5.74, 6) is 0.893. The van der Waals surface area contributed by atoms with Crippen molar-refractivity contribution in [1.29, 1.82) is 5.26 Å². The molecule has 11 heteroatoms. The Morgan fingerprint density at radius 1 is 1.20 bits per heavy atom. The maximum absolute atomic E-state index is 13.1. The molecule has 2 atom stereocenters. The van der Waals surface area contributed by atoms with Crippen LogP contribution in [-0.2, 0) is 14.3 Å². The maximum Gasteiger partial charge on any atom is 0.269 e. The van der Waals surface area contributed by atoms with Gasteiger partial charge in [0.15, 0.2) is 0 Å². The highest BCUT2D eigenvalue weighted by molar-refractivity contribution is 5.83. The SMILES string of the molecule is COC[C@@H](CO[C@H]1CCN(C2CCN(c3ccc(C#N)cn3)CC2)C1=O)Nc1cn[nH]c(=O)c1C. The standard InChI is InChI=1S/C24H31N7O4/c1-16-20(13-27-29-23(16)32)28-18(14-34-2)15-35-21-7-10-31(24(21)33)19-5-8-30(9-6-19)22-4-3-17(11-25)12-26-22/h3-4,12-13,18-19,21H,5-10,14-15H2,1-2H3,(H2,28,29,32)/t18-,21-/m0/s1. The lowest BCUT2D eigenvalue weighted by Gasteiger charge is -2.37. The summed E-state index contributed by atoms with van der Waals surface area (Å²) in [6.07, 6.45) is 5.05. The topological polar surface area (TPSA) is 136 Å². The van der Waals surface area contributed by atoms with E-state index in [2.05, 4.69) is 31.5 Å². The summed E-state index contributed by atoms with van der Waals surface area (Å²) >= 11 is 0. The molecule has 0 bridgehead atoms. The molecule has 2 fully saturated rings. The van der Waals surface area contributed by atoms with Crippen molar-refractivity contribution in [3.05, 3.63) is 46.0 Å². The lowest BCUT2D eigenvalue weighted by molar-refractivity contribution is -0.139. The van der Waals surface area contributed by atoms with Gasteiger partial charge in [0.05, 0.1) is 36.7 Å². The third-order valence-electron chi connectivity index (χ3n) is 6.63. The first-order valence-corrected chi connectivity index (χ1v) is 11.8. The molecule has 0 aromatic carbocycles. The first-order chi connectivity index (χ1) is 17.0. The van der Waals surface area contributed by atoms with Gasteiger partial charge in [-0.3, -0.25) is 9.59 Å². The van der Waals surface area contributed by atoms with Gasteiger partial charge in [0.1, 0.15) is 18.0 Å². The Labute approximate surface area is 204 Å². The Morgan fingerprint density at radius 2 is 2.00 bits per heavy atom. The van der Waals surface area contributed by atoms with Gasteiger partial charge in [0, 0.05) is 51.0 Å². The predicted molar refractivity (Wildman–Crippen MR) is 129 cm³/mol. The Kier molecular flexibility index (Phi) is 7.94. The van der Waals surface area contributed by atoms with E-state index in [1.807, 2.05) is 11.0 Å². The molecule has 4 rings (SSSR count). The quantitative estimate of drug-likeness (QED) is 0.539. The van der Waals surface area contributed by atoms with E-state index in [4.69, 9.17) is 14.7 Å². The fraction of sp³-hybridized carbons (Fsp3) is 0.542. The van der Waals surface area contributed by atoms with E-state index < -0.39 is 6.10 Å². The van der Waals surface area contributed by atoms with Crippen LogP contribution in [0.4, 0.5) is 11.5 Å². The van der Waals surface area contributed by atoms with Crippen molar-refractivity contribution < 1.29 is 14.3 Å². The van der Waals surface area contributed by atoms with Gasteiger partial charge in [-0.1, -0.05) is 0 Å². The van der Waals surface area contributed by atoms with Crippen molar-refractivity contribution in [2.24, 2.45) is 0 Å². The zero-order chi connectivity index (χ0) is 24.8. The van der Waals surface area contributed by atoms with Gasteiger partial charge in [0.25, 0.3) is 11.5 Å². The Morgan fingerprint density at radius 3 is 2.69 bits per heavy atom. The van der Waals surface area contributed by atoms with E-state index in [0.717, 1.165) is 31.7 Å². The van der Waals surface area contributed by atoms with Gasteiger partial charge >= 0.3 is 0 Å². The van der Waals surface area contributed by atoms with Gasteiger partial charge in [0.2, 0.25) is 0 Å². The van der Waals surface area contributed by atoms with Gasteiger partial charge < -0.3 is 24.6 Å². The molecule has 2 aliphatic rings. The molecule has 2 aliphatic heterocycles. The summed E-state index contributed by atoms with van der Waals surface area (Å²) in [7, 11) is 1.60. The van der Waals surface area contributed by atoms with Crippen LogP contribution in [-0.4, -0.2) is 84.1 Å². The number of ether oxygens (including phenoxy) is 2. The van der Waals surface area contributed by atoms with Gasteiger partial charge in [-0.05, 0) is 31.9 Å². The summed E-state index contributed by atoms with van der Waals surface area (Å²) in [5.41, 5.74) is 1.44. The number of H-pyrrole nitrogens is 1. The minimum atomic E-state index is -0.479. The number of carbonyl (C=O) groups excluding carboxylic acids is 1. The number of rotatable bonds is 9. The van der Waals surface area contributed by atoms with Crippen LogP contribution in [0.15, 0.2) is 29.3 Å². The minimum Gasteiger partial charge on any atom is -0.382 e. The van der Waals surface area contributed by atoms with Crippen molar-refractivity contribution in [1.82, 2.24) is 20.1 Å². The number of piperidine rings is 1. The Bertz CT molecular complexity index is 1110. The number of likely N-dealkylation sites (tertiary alicyclic amines) is 1. The number of amides is 1. The number of nitriles is 1. The predicted octanol–water partition coefficient (Wildman–Crippen LogP) is 1.06. The second-order valence-corrected chi connectivity index (χ2v) is 8.91. The van der Waals surface area contributed by atoms with E-state index in [9.17, 15) is 9.59 Å². The molecule has 2 aromatic rings. The maximum atomic E-state index is 13.1. The average Bonchev–Trinajstić information content (AvgIpc) is 3.25. The van der Waals surface area contributed by atoms with Crippen LogP contribution in [0.3, 0.4) is 0 Å². The number of carbonyl (C=O) groups is 1. The second kappa shape index (κ2) is 11.3. The number of aromatic nitrogens is 3. The smallest absolute Gasteiger partial charge is 0.269 e. The lowest BCUT2D eigenvalue weighted by Crippen LogP contribution is -2.47. The molecule has 0 radical (unpaired) electrons. The molecule has 4 heterocycles. The molecule has 186 valence electrons. The van der Waals surface area contributed by atoms with E-state index >= 15 is 0 Å². The van der Waals surface area contributed by atoms with Crippen LogP contribution < -0.4 is 15.8 Å². The van der Waals surface area contributed by atoms with E-state index in [1.165, 1.54) is 0 Å². The third-order valence-corrected chi connectivity index (χ3v) is 6.63. The molecule has 0 spiro atoms. The van der Waals surface area contributed by atoms with Crippen molar-refractivity contribution in [2.75, 3.05) is 50.2 Å². The molecule has 0 saturated carbocycles. The zero-order valence-electron chi connectivity index (χ0n) is 20.1. The summed E-state index contributed by atoms with van der Waals surface area (Å²) in [4.78, 5) is 33.4. The number of hydrogen-bond donors (Lipinski definition) is 2. The fourth-order valence-corrected chi connectivity index (χ4v) is 4.63. The summed E-state index contributed by atoms with van der Waals surface area (Å²) in [5, 5.41) is 18.4. The molecular weight excluding hydrogens is 450 g/mol. The monoisotopic (exact) mass is 481 g/mol. The molecule has 2 N–H and O–H groups in total. The van der Waals surface area contributed by atoms with E-state index in [0.29, 0.717) is 36.4 Å². The van der Waals surface area contributed by atoms with Gasteiger partial charge in [-0.25, -0.2) is 10.1 Å². The van der Waals surface area contributed by atoms with Crippen LogP contribution in [0, 0.1) is 18.3 Å². The number of methoxy groups -OCH3 is 1. The largest absolute Gasteiger partial charge is 0.382 e. The highest BCUT2D eigenvalue weighted by Gasteiger charge is 2.38. The molecule has 2 aromatic heterocycles. The average molecular weight is 482 g/mol. The number of anilines is 2. The lowest BCUT2D eigenvalue weighted by atomic mass is 10.0. The fourth-order valence-electron chi connectivity index (χ4n) is 4.63.